The molecule has 1 unspecified atom stereocenters. The molecular weight excluding hydrogens is 324 g/mol. The smallest absolute Gasteiger partial charge is 0.166 e. The molecule has 3 rings (SSSR count). The SMILES string of the molecule is Cc1csc(C(C#N)C(=O)C(C)(C)c2ccc3c(c2)OCCO3)n1. The van der Waals surface area contributed by atoms with E-state index < -0.39 is 11.3 Å². The van der Waals surface area contributed by atoms with Crippen molar-refractivity contribution in [2.45, 2.75) is 32.1 Å². The Morgan fingerprint density at radius 3 is 2.67 bits per heavy atom. The summed E-state index contributed by atoms with van der Waals surface area (Å²) in [6.07, 6.45) is 0. The second kappa shape index (κ2) is 6.25. The second-order valence-corrected chi connectivity index (χ2v) is 7.13. The Balaban J connectivity index is 1.94. The molecule has 0 amide bonds. The minimum absolute atomic E-state index is 0.170. The maximum Gasteiger partial charge on any atom is 0.166 e. The lowest BCUT2D eigenvalue weighted by Gasteiger charge is -2.27. The molecule has 24 heavy (non-hydrogen) atoms. The van der Waals surface area contributed by atoms with Crippen molar-refractivity contribution in [3.05, 3.63) is 39.8 Å². The number of hydrogen-bond acceptors (Lipinski definition) is 6. The fraction of sp³-hybridized carbons (Fsp3) is 0.389. The van der Waals surface area contributed by atoms with Gasteiger partial charge in [-0.25, -0.2) is 4.98 Å². The molecule has 1 aromatic carbocycles. The van der Waals surface area contributed by atoms with E-state index >= 15 is 0 Å². The van der Waals surface area contributed by atoms with Gasteiger partial charge in [-0.15, -0.1) is 11.3 Å². The van der Waals surface area contributed by atoms with Gasteiger partial charge in [-0.05, 0) is 38.5 Å². The number of ketones is 1. The zero-order valence-electron chi connectivity index (χ0n) is 13.8. The number of ether oxygens (including phenoxy) is 2. The molecule has 0 aliphatic carbocycles. The van der Waals surface area contributed by atoms with E-state index in [9.17, 15) is 10.1 Å². The molecule has 2 aromatic rings. The zero-order valence-corrected chi connectivity index (χ0v) is 14.6. The highest BCUT2D eigenvalue weighted by molar-refractivity contribution is 7.09. The first-order valence-corrected chi connectivity index (χ1v) is 8.57. The molecule has 6 heteroatoms. The fourth-order valence-corrected chi connectivity index (χ4v) is 3.50. The Morgan fingerprint density at radius 1 is 1.33 bits per heavy atom. The number of aromatic nitrogens is 1. The number of aryl methyl sites for hydroxylation is 1. The van der Waals surface area contributed by atoms with Gasteiger partial charge in [0.05, 0.1) is 11.5 Å². The number of hydrogen-bond donors (Lipinski definition) is 0. The summed E-state index contributed by atoms with van der Waals surface area (Å²) in [6.45, 7) is 6.51. The van der Waals surface area contributed by atoms with Crippen molar-refractivity contribution in [3.63, 3.8) is 0 Å². The lowest BCUT2D eigenvalue weighted by molar-refractivity contribution is -0.123. The van der Waals surface area contributed by atoms with Crippen LogP contribution in [-0.4, -0.2) is 24.0 Å². The first-order valence-electron chi connectivity index (χ1n) is 7.69. The molecule has 1 aromatic heterocycles. The van der Waals surface area contributed by atoms with Crippen molar-refractivity contribution in [1.82, 2.24) is 4.98 Å². The lowest BCUT2D eigenvalue weighted by atomic mass is 9.76. The zero-order chi connectivity index (χ0) is 17.3. The van der Waals surface area contributed by atoms with Crippen LogP contribution < -0.4 is 9.47 Å². The first-order chi connectivity index (χ1) is 11.4. The van der Waals surface area contributed by atoms with E-state index in [4.69, 9.17) is 9.47 Å². The highest BCUT2D eigenvalue weighted by Crippen LogP contribution is 2.38. The standard InChI is InChI=1S/C18H18N2O3S/c1-11-10-24-17(20-11)13(9-19)16(21)18(2,3)12-4-5-14-15(8-12)23-7-6-22-14/h4-5,8,10,13H,6-7H2,1-3H3. The van der Waals surface area contributed by atoms with Crippen molar-refractivity contribution >= 4 is 17.1 Å². The van der Waals surface area contributed by atoms with Crippen LogP contribution in [0.1, 0.15) is 36.0 Å². The normalized spacial score (nSPS) is 14.8. The molecule has 1 atom stereocenters. The minimum Gasteiger partial charge on any atom is -0.486 e. The summed E-state index contributed by atoms with van der Waals surface area (Å²) in [5.74, 6) is 0.279. The number of Topliss-reactive ketones (excluding diaryl/α,β-unsaturated/α-hetero) is 1. The van der Waals surface area contributed by atoms with Gasteiger partial charge in [0.1, 0.15) is 18.2 Å². The van der Waals surface area contributed by atoms with Gasteiger partial charge in [-0.2, -0.15) is 5.26 Å². The summed E-state index contributed by atoms with van der Waals surface area (Å²) in [7, 11) is 0. The van der Waals surface area contributed by atoms with Crippen LogP contribution in [0.25, 0.3) is 0 Å². The molecule has 2 heterocycles. The van der Waals surface area contributed by atoms with Crippen molar-refractivity contribution in [2.24, 2.45) is 0 Å². The van der Waals surface area contributed by atoms with Crippen LogP contribution >= 0.6 is 11.3 Å². The maximum absolute atomic E-state index is 13.0. The summed E-state index contributed by atoms with van der Waals surface area (Å²) in [5, 5.41) is 11.9. The third kappa shape index (κ3) is 2.87. The van der Waals surface area contributed by atoms with E-state index in [0.717, 1.165) is 11.3 Å². The molecule has 0 spiro atoms. The van der Waals surface area contributed by atoms with Crippen LogP contribution in [0.3, 0.4) is 0 Å². The molecule has 0 saturated heterocycles. The predicted octanol–water partition coefficient (Wildman–Crippen LogP) is 3.38. The van der Waals surface area contributed by atoms with Crippen LogP contribution in [-0.2, 0) is 10.2 Å². The van der Waals surface area contributed by atoms with Gasteiger partial charge in [0.25, 0.3) is 0 Å². The summed E-state index contributed by atoms with van der Waals surface area (Å²) >= 11 is 1.35. The van der Waals surface area contributed by atoms with Crippen molar-refractivity contribution < 1.29 is 14.3 Å². The molecular formula is C18H18N2O3S. The molecule has 1 aliphatic heterocycles. The van der Waals surface area contributed by atoms with Gasteiger partial charge in [-0.1, -0.05) is 6.07 Å². The Bertz CT molecular complexity index is 820. The summed E-state index contributed by atoms with van der Waals surface area (Å²) in [6, 6.07) is 7.61. The second-order valence-electron chi connectivity index (χ2n) is 6.24. The Labute approximate surface area is 144 Å². The highest BCUT2D eigenvalue weighted by atomic mass is 32.1. The van der Waals surface area contributed by atoms with E-state index in [-0.39, 0.29) is 5.78 Å². The van der Waals surface area contributed by atoms with E-state index in [1.807, 2.05) is 44.4 Å². The number of carbonyl (C=O) groups is 1. The molecule has 124 valence electrons. The van der Waals surface area contributed by atoms with E-state index in [2.05, 4.69) is 11.1 Å². The lowest BCUT2D eigenvalue weighted by Crippen LogP contribution is -2.33. The molecule has 5 nitrogen and oxygen atoms in total. The van der Waals surface area contributed by atoms with E-state index in [0.29, 0.717) is 29.7 Å². The van der Waals surface area contributed by atoms with Crippen LogP contribution in [0.5, 0.6) is 11.5 Å². The molecule has 0 saturated carbocycles. The molecule has 0 bridgehead atoms. The summed E-state index contributed by atoms with van der Waals surface area (Å²) in [4.78, 5) is 17.4. The number of fused-ring (bicyclic) bond motifs is 1. The van der Waals surface area contributed by atoms with Crippen LogP contribution in [0.4, 0.5) is 0 Å². The number of nitriles is 1. The average molecular weight is 342 g/mol. The number of benzene rings is 1. The molecule has 0 radical (unpaired) electrons. The molecule has 1 aliphatic rings. The molecule has 0 N–H and O–H groups in total. The highest BCUT2D eigenvalue weighted by Gasteiger charge is 2.38. The van der Waals surface area contributed by atoms with Crippen molar-refractivity contribution in [2.75, 3.05) is 13.2 Å². The molecule has 0 fully saturated rings. The topological polar surface area (TPSA) is 72.2 Å². The van der Waals surface area contributed by atoms with Gasteiger partial charge >= 0.3 is 0 Å². The fourth-order valence-electron chi connectivity index (χ4n) is 2.67. The van der Waals surface area contributed by atoms with Crippen molar-refractivity contribution in [1.29, 1.82) is 5.26 Å². The number of thiazole rings is 1. The van der Waals surface area contributed by atoms with Gasteiger partial charge in [-0.3, -0.25) is 4.79 Å². The summed E-state index contributed by atoms with van der Waals surface area (Å²) in [5.41, 5.74) is 0.779. The predicted molar refractivity (Wildman–Crippen MR) is 90.7 cm³/mol. The minimum atomic E-state index is -0.869. The largest absolute Gasteiger partial charge is 0.486 e. The Morgan fingerprint density at radius 2 is 2.04 bits per heavy atom. The average Bonchev–Trinajstić information content (AvgIpc) is 3.01. The van der Waals surface area contributed by atoms with Crippen LogP contribution in [0.2, 0.25) is 0 Å². The van der Waals surface area contributed by atoms with Gasteiger partial charge < -0.3 is 9.47 Å². The van der Waals surface area contributed by atoms with Gasteiger partial charge in [0, 0.05) is 11.1 Å². The quantitative estimate of drug-likeness (QED) is 0.852. The van der Waals surface area contributed by atoms with Crippen LogP contribution in [0, 0.1) is 18.3 Å². The monoisotopic (exact) mass is 342 g/mol. The van der Waals surface area contributed by atoms with Gasteiger partial charge in [0.2, 0.25) is 0 Å². The van der Waals surface area contributed by atoms with Gasteiger partial charge in [0.15, 0.2) is 23.2 Å². The van der Waals surface area contributed by atoms with Crippen molar-refractivity contribution in [3.8, 4) is 17.6 Å². The Hall–Kier alpha value is -2.39. The van der Waals surface area contributed by atoms with E-state index in [1.165, 1.54) is 11.3 Å². The number of nitrogens with zero attached hydrogens (tertiary/aromatic N) is 2. The third-order valence-corrected chi connectivity index (χ3v) is 5.18. The summed E-state index contributed by atoms with van der Waals surface area (Å²) < 4.78 is 11.1. The van der Waals surface area contributed by atoms with E-state index in [1.54, 1.807) is 0 Å². The van der Waals surface area contributed by atoms with Crippen LogP contribution in [0.15, 0.2) is 23.6 Å². The number of rotatable bonds is 4. The Kier molecular flexibility index (Phi) is 4.29. The first kappa shape index (κ1) is 16.5. The third-order valence-electron chi connectivity index (χ3n) is 4.15. The maximum atomic E-state index is 13.0. The number of carbonyl (C=O) groups excluding carboxylic acids is 1.